The Morgan fingerprint density at radius 2 is 1.94 bits per heavy atom. The van der Waals surface area contributed by atoms with E-state index in [-0.39, 0.29) is 6.10 Å². The molecule has 1 saturated heterocycles. The van der Waals surface area contributed by atoms with Gasteiger partial charge in [0.1, 0.15) is 11.9 Å². The van der Waals surface area contributed by atoms with E-state index < -0.39 is 5.82 Å². The summed E-state index contributed by atoms with van der Waals surface area (Å²) in [4.78, 5) is 16.1. The Hall–Kier alpha value is -3.23. The van der Waals surface area contributed by atoms with Gasteiger partial charge in [0.15, 0.2) is 5.65 Å². The summed E-state index contributed by atoms with van der Waals surface area (Å²) >= 11 is 5.97. The molecule has 1 fully saturated rings. The van der Waals surface area contributed by atoms with Crippen molar-refractivity contribution in [2.45, 2.75) is 20.0 Å². The predicted molar refractivity (Wildman–Crippen MR) is 120 cm³/mol. The predicted octanol–water partition coefficient (Wildman–Crippen LogP) is 4.47. The maximum absolute atomic E-state index is 14.8. The molecule has 1 atom stereocenters. The van der Waals surface area contributed by atoms with Gasteiger partial charge >= 0.3 is 0 Å². The van der Waals surface area contributed by atoms with Gasteiger partial charge in [-0.05, 0) is 50.2 Å². The Morgan fingerprint density at radius 1 is 1.06 bits per heavy atom. The maximum Gasteiger partial charge on any atom is 0.228 e. The minimum atomic E-state index is -0.442. The first-order valence-corrected chi connectivity index (χ1v) is 10.6. The molecule has 32 heavy (non-hydrogen) atoms. The molecule has 4 heterocycles. The highest BCUT2D eigenvalue weighted by atomic mass is 35.5. The zero-order chi connectivity index (χ0) is 22.2. The number of ether oxygens (including phenoxy) is 1. The third-order valence-corrected chi connectivity index (χ3v) is 5.63. The van der Waals surface area contributed by atoms with E-state index in [9.17, 15) is 4.39 Å². The van der Waals surface area contributed by atoms with Crippen LogP contribution in [-0.2, 0) is 4.74 Å². The van der Waals surface area contributed by atoms with Crippen LogP contribution in [-0.4, -0.2) is 44.8 Å². The summed E-state index contributed by atoms with van der Waals surface area (Å²) in [6.45, 7) is 5.43. The van der Waals surface area contributed by atoms with Crippen LogP contribution in [0.1, 0.15) is 23.1 Å². The number of anilines is 1. The minimum Gasteiger partial charge on any atom is -0.370 e. The van der Waals surface area contributed by atoms with Gasteiger partial charge in [-0.25, -0.2) is 14.4 Å². The molecule has 1 aliphatic rings. The van der Waals surface area contributed by atoms with Gasteiger partial charge in [0.2, 0.25) is 5.95 Å². The fourth-order valence-electron chi connectivity index (χ4n) is 3.82. The van der Waals surface area contributed by atoms with Crippen LogP contribution in [0, 0.1) is 19.7 Å². The van der Waals surface area contributed by atoms with Crippen molar-refractivity contribution in [3.8, 4) is 11.3 Å². The molecule has 0 radical (unpaired) electrons. The number of morpholine rings is 1. The number of nitrogens with zero attached hydrogens (tertiary/aromatic N) is 6. The maximum atomic E-state index is 14.8. The quantitative estimate of drug-likeness (QED) is 0.455. The Kier molecular flexibility index (Phi) is 5.40. The molecule has 0 unspecified atom stereocenters. The highest BCUT2D eigenvalue weighted by Gasteiger charge is 2.26. The summed E-state index contributed by atoms with van der Waals surface area (Å²) in [5.74, 6) is 0.0363. The fourth-order valence-corrected chi connectivity index (χ4v) is 3.98. The Morgan fingerprint density at radius 3 is 2.75 bits per heavy atom. The Bertz CT molecular complexity index is 1320. The Labute approximate surface area is 189 Å². The molecule has 0 saturated carbocycles. The highest BCUT2D eigenvalue weighted by Crippen LogP contribution is 2.32. The van der Waals surface area contributed by atoms with Gasteiger partial charge in [0.25, 0.3) is 0 Å². The molecular formula is C23H20ClFN6O. The van der Waals surface area contributed by atoms with E-state index in [2.05, 4.69) is 15.2 Å². The van der Waals surface area contributed by atoms with E-state index in [1.165, 1.54) is 6.07 Å². The van der Waals surface area contributed by atoms with Crippen molar-refractivity contribution in [2.75, 3.05) is 24.6 Å². The highest BCUT2D eigenvalue weighted by molar-refractivity contribution is 6.30. The molecule has 5 rings (SSSR count). The molecular weight excluding hydrogens is 431 g/mol. The lowest BCUT2D eigenvalue weighted by Crippen LogP contribution is -2.39. The zero-order valence-corrected chi connectivity index (χ0v) is 18.3. The summed E-state index contributed by atoms with van der Waals surface area (Å²) < 4.78 is 20.8. The van der Waals surface area contributed by atoms with Gasteiger partial charge in [-0.15, -0.1) is 0 Å². The molecule has 0 aliphatic carbocycles. The summed E-state index contributed by atoms with van der Waals surface area (Å²) in [5, 5.41) is 9.06. The molecule has 162 valence electrons. The zero-order valence-electron chi connectivity index (χ0n) is 17.6. The van der Waals surface area contributed by atoms with Gasteiger partial charge in [-0.3, -0.25) is 0 Å². The fraction of sp³-hybridized carbons (Fsp3) is 0.261. The third-order valence-electron chi connectivity index (χ3n) is 5.39. The van der Waals surface area contributed by atoms with Gasteiger partial charge in [0.05, 0.1) is 30.7 Å². The summed E-state index contributed by atoms with van der Waals surface area (Å²) in [6.07, 6.45) is 1.51. The van der Waals surface area contributed by atoms with Crippen molar-refractivity contribution in [3.05, 3.63) is 70.4 Å². The van der Waals surface area contributed by atoms with E-state index in [1.807, 2.05) is 36.9 Å². The van der Waals surface area contributed by atoms with E-state index >= 15 is 0 Å². The second-order valence-corrected chi connectivity index (χ2v) is 8.19. The third kappa shape index (κ3) is 3.99. The average Bonchev–Trinajstić information content (AvgIpc) is 2.78. The summed E-state index contributed by atoms with van der Waals surface area (Å²) in [5.41, 5.74) is 3.95. The second kappa shape index (κ2) is 8.37. The lowest BCUT2D eigenvalue weighted by atomic mass is 10.1. The molecule has 4 aromatic rings. The monoisotopic (exact) mass is 450 g/mol. The van der Waals surface area contributed by atoms with Crippen LogP contribution >= 0.6 is 11.6 Å². The Balaban J connectivity index is 1.59. The second-order valence-electron chi connectivity index (χ2n) is 7.76. The largest absolute Gasteiger partial charge is 0.370 e. The number of benzene rings is 1. The SMILES string of the molecule is Cc1cc([C@H]2CN(c3nc(-c4ccc(Cl)cc4F)c4ccc(C)nc4n3)CCO2)cnn1. The van der Waals surface area contributed by atoms with Crippen molar-refractivity contribution in [1.82, 2.24) is 25.1 Å². The average molecular weight is 451 g/mol. The lowest BCUT2D eigenvalue weighted by Gasteiger charge is -2.33. The van der Waals surface area contributed by atoms with Crippen molar-refractivity contribution in [3.63, 3.8) is 0 Å². The topological polar surface area (TPSA) is 76.9 Å². The number of aryl methyl sites for hydroxylation is 2. The van der Waals surface area contributed by atoms with E-state index in [1.54, 1.807) is 18.3 Å². The number of halogens is 2. The first-order chi connectivity index (χ1) is 15.5. The van der Waals surface area contributed by atoms with Gasteiger partial charge in [0, 0.05) is 33.8 Å². The van der Waals surface area contributed by atoms with Crippen molar-refractivity contribution >= 4 is 28.6 Å². The molecule has 9 heteroatoms. The number of hydrogen-bond acceptors (Lipinski definition) is 7. The van der Waals surface area contributed by atoms with Crippen LogP contribution in [0.3, 0.4) is 0 Å². The van der Waals surface area contributed by atoms with Crippen molar-refractivity contribution in [2.24, 2.45) is 0 Å². The molecule has 0 N–H and O–H groups in total. The van der Waals surface area contributed by atoms with E-state index in [4.69, 9.17) is 26.3 Å². The molecule has 0 spiro atoms. The van der Waals surface area contributed by atoms with Crippen LogP contribution in [0.5, 0.6) is 0 Å². The van der Waals surface area contributed by atoms with Crippen LogP contribution in [0.25, 0.3) is 22.3 Å². The van der Waals surface area contributed by atoms with Gasteiger partial charge < -0.3 is 9.64 Å². The van der Waals surface area contributed by atoms with Crippen molar-refractivity contribution < 1.29 is 9.13 Å². The first kappa shape index (κ1) is 20.7. The summed E-state index contributed by atoms with van der Waals surface area (Å²) in [6, 6.07) is 10.3. The van der Waals surface area contributed by atoms with Crippen LogP contribution in [0.15, 0.2) is 42.6 Å². The normalized spacial score (nSPS) is 16.5. The van der Waals surface area contributed by atoms with E-state index in [0.717, 1.165) is 17.0 Å². The lowest BCUT2D eigenvalue weighted by molar-refractivity contribution is 0.0389. The molecule has 7 nitrogen and oxygen atoms in total. The standard InChI is InChI=1S/C23H20ClFN6O/c1-13-3-5-18-21(17-6-4-16(24)10-19(17)25)28-23(29-22(18)27-13)31-7-8-32-20(12-31)15-9-14(2)30-26-11-15/h3-6,9-11,20H,7-8,12H2,1-2H3/t20-/m1/s1. The number of aromatic nitrogens is 5. The van der Waals surface area contributed by atoms with Crippen molar-refractivity contribution in [1.29, 1.82) is 0 Å². The van der Waals surface area contributed by atoms with Crippen LogP contribution in [0.4, 0.5) is 10.3 Å². The number of rotatable bonds is 3. The smallest absolute Gasteiger partial charge is 0.228 e. The van der Waals surface area contributed by atoms with Gasteiger partial charge in [-0.1, -0.05) is 11.6 Å². The first-order valence-electron chi connectivity index (χ1n) is 10.2. The van der Waals surface area contributed by atoms with Crippen LogP contribution < -0.4 is 4.90 Å². The van der Waals surface area contributed by atoms with E-state index in [0.29, 0.717) is 53.0 Å². The summed E-state index contributed by atoms with van der Waals surface area (Å²) in [7, 11) is 0. The minimum absolute atomic E-state index is 0.196. The van der Waals surface area contributed by atoms with Crippen LogP contribution in [0.2, 0.25) is 5.02 Å². The molecule has 0 amide bonds. The molecule has 3 aromatic heterocycles. The molecule has 1 aromatic carbocycles. The molecule has 0 bridgehead atoms. The number of hydrogen-bond donors (Lipinski definition) is 0. The molecule has 1 aliphatic heterocycles. The number of fused-ring (bicyclic) bond motifs is 1. The van der Waals surface area contributed by atoms with Gasteiger partial charge in [-0.2, -0.15) is 15.2 Å². The number of pyridine rings is 1.